The highest BCUT2D eigenvalue weighted by molar-refractivity contribution is 5.50. The topological polar surface area (TPSA) is 35.6 Å². The van der Waals surface area contributed by atoms with E-state index in [0.717, 1.165) is 12.1 Å². The van der Waals surface area contributed by atoms with Crippen molar-refractivity contribution in [2.75, 3.05) is 0 Å². The molecule has 0 bridgehead atoms. The molecule has 3 atom stereocenters. The lowest BCUT2D eigenvalue weighted by atomic mass is 10.0. The number of azo groups is 2. The largest absolute Gasteiger partial charge is 0.416 e. The van der Waals surface area contributed by atoms with Crippen molar-refractivity contribution in [2.24, 2.45) is 5.11 Å². The SMILES string of the molecule is CC1C2CC(O)c3ccc(C(F)(F)F)cc3N=[N+]12. The molecule has 2 heterocycles. The average Bonchev–Trinajstić information content (AvgIpc) is 2.91. The Kier molecular flexibility index (Phi) is 2.29. The van der Waals surface area contributed by atoms with Gasteiger partial charge < -0.3 is 5.11 Å². The predicted octanol–water partition coefficient (Wildman–Crippen LogP) is 3.01. The molecule has 0 saturated carbocycles. The molecule has 6 heteroatoms. The number of fused-ring (bicyclic) bond motifs is 2. The molecule has 18 heavy (non-hydrogen) atoms. The van der Waals surface area contributed by atoms with Gasteiger partial charge in [-0.3, -0.25) is 0 Å². The minimum atomic E-state index is -4.38. The van der Waals surface area contributed by atoms with Crippen LogP contribution in [0, 0.1) is 0 Å². The summed E-state index contributed by atoms with van der Waals surface area (Å²) in [5, 5.41) is 14.2. The molecule has 2 aliphatic rings. The number of alkyl halides is 3. The summed E-state index contributed by atoms with van der Waals surface area (Å²) in [5.41, 5.74) is -0.0308. The fraction of sp³-hybridized carbons (Fsp3) is 0.500. The third-order valence-corrected chi connectivity index (χ3v) is 3.63. The van der Waals surface area contributed by atoms with Gasteiger partial charge in [0, 0.05) is 18.9 Å². The molecule has 3 rings (SSSR count). The van der Waals surface area contributed by atoms with Gasteiger partial charge in [-0.25, -0.2) is 0 Å². The molecule has 1 saturated heterocycles. The molecule has 0 amide bonds. The quantitative estimate of drug-likeness (QED) is 0.563. The number of hydrogen-bond acceptors (Lipinski definition) is 2. The molecule has 3 nitrogen and oxygen atoms in total. The molecule has 3 unspecified atom stereocenters. The summed E-state index contributed by atoms with van der Waals surface area (Å²) in [4.78, 5) is 0. The summed E-state index contributed by atoms with van der Waals surface area (Å²) in [5.74, 6) is 0. The van der Waals surface area contributed by atoms with Crippen LogP contribution in [0.5, 0.6) is 0 Å². The monoisotopic (exact) mass is 257 g/mol. The summed E-state index contributed by atoms with van der Waals surface area (Å²) in [6, 6.07) is 3.66. The number of nitrogens with zero attached hydrogens (tertiary/aromatic N) is 2. The first-order chi connectivity index (χ1) is 8.38. The lowest BCUT2D eigenvalue weighted by Gasteiger charge is -2.11. The average molecular weight is 257 g/mol. The molecule has 0 aromatic heterocycles. The molecule has 1 aromatic rings. The second-order valence-corrected chi connectivity index (χ2v) is 4.81. The van der Waals surface area contributed by atoms with Gasteiger partial charge in [0.2, 0.25) is 12.1 Å². The predicted molar refractivity (Wildman–Crippen MR) is 56.6 cm³/mol. The Hall–Kier alpha value is -1.43. The van der Waals surface area contributed by atoms with Crippen LogP contribution in [0.1, 0.15) is 30.6 Å². The second-order valence-electron chi connectivity index (χ2n) is 4.81. The van der Waals surface area contributed by atoms with Crippen molar-refractivity contribution in [1.82, 2.24) is 0 Å². The molecular weight excluding hydrogens is 245 g/mol. The molecular formula is C12H12F3N2O+. The van der Waals surface area contributed by atoms with E-state index in [9.17, 15) is 18.3 Å². The summed E-state index contributed by atoms with van der Waals surface area (Å²) in [6.07, 6.45) is -4.61. The van der Waals surface area contributed by atoms with E-state index in [-0.39, 0.29) is 17.8 Å². The fourth-order valence-electron chi connectivity index (χ4n) is 2.43. The van der Waals surface area contributed by atoms with Crippen LogP contribution in [0.2, 0.25) is 0 Å². The Morgan fingerprint density at radius 1 is 1.39 bits per heavy atom. The highest BCUT2D eigenvalue weighted by atomic mass is 19.4. The zero-order valence-corrected chi connectivity index (χ0v) is 9.65. The smallest absolute Gasteiger partial charge is 0.388 e. The van der Waals surface area contributed by atoms with Crippen molar-refractivity contribution < 1.29 is 23.0 Å². The van der Waals surface area contributed by atoms with Crippen LogP contribution in [0.4, 0.5) is 18.9 Å². The standard InChI is InChI=1S/C12H12F3N2O/c1-6-10-5-11(18)8-3-2-7(12(13,14)15)4-9(8)16-17(6)10/h2-4,6,10-11,18H,5H2,1H3/q+1. The Labute approximate surface area is 102 Å². The molecule has 1 N–H and O–H groups in total. The summed E-state index contributed by atoms with van der Waals surface area (Å²) in [7, 11) is 0. The molecule has 0 spiro atoms. The van der Waals surface area contributed by atoms with E-state index in [1.54, 1.807) is 4.70 Å². The Balaban J connectivity index is 2.09. The van der Waals surface area contributed by atoms with Crippen molar-refractivity contribution in [1.29, 1.82) is 0 Å². The lowest BCUT2D eigenvalue weighted by Crippen LogP contribution is -2.07. The lowest BCUT2D eigenvalue weighted by molar-refractivity contribution is -0.452. The highest BCUT2D eigenvalue weighted by Gasteiger charge is 2.56. The number of rotatable bonds is 0. The van der Waals surface area contributed by atoms with Gasteiger partial charge in [0.15, 0.2) is 0 Å². The molecule has 1 fully saturated rings. The van der Waals surface area contributed by atoms with Crippen molar-refractivity contribution in [3.05, 3.63) is 29.3 Å². The Bertz CT molecular complexity index is 539. The van der Waals surface area contributed by atoms with Gasteiger partial charge in [0.1, 0.15) is 5.69 Å². The van der Waals surface area contributed by atoms with Crippen LogP contribution in [0.15, 0.2) is 23.3 Å². The van der Waals surface area contributed by atoms with Gasteiger partial charge in [-0.05, 0) is 17.2 Å². The number of hydrogen-bond donors (Lipinski definition) is 1. The maximum Gasteiger partial charge on any atom is 0.416 e. The van der Waals surface area contributed by atoms with Crippen molar-refractivity contribution in [3.63, 3.8) is 0 Å². The first kappa shape index (κ1) is 11.6. The van der Waals surface area contributed by atoms with Crippen LogP contribution >= 0.6 is 0 Å². The third kappa shape index (κ3) is 1.71. The van der Waals surface area contributed by atoms with Gasteiger partial charge in [0.05, 0.1) is 11.7 Å². The zero-order chi connectivity index (χ0) is 13.1. The van der Waals surface area contributed by atoms with E-state index in [2.05, 4.69) is 5.11 Å². The van der Waals surface area contributed by atoms with E-state index >= 15 is 0 Å². The van der Waals surface area contributed by atoms with Crippen LogP contribution in [-0.4, -0.2) is 21.9 Å². The minimum Gasteiger partial charge on any atom is -0.388 e. The minimum absolute atomic E-state index is 0.140. The Morgan fingerprint density at radius 3 is 2.78 bits per heavy atom. The molecule has 0 aliphatic carbocycles. The highest BCUT2D eigenvalue weighted by Crippen LogP contribution is 2.42. The Morgan fingerprint density at radius 2 is 2.11 bits per heavy atom. The molecule has 2 aliphatic heterocycles. The van der Waals surface area contributed by atoms with E-state index in [0.29, 0.717) is 12.0 Å². The molecule has 0 radical (unpaired) electrons. The zero-order valence-electron chi connectivity index (χ0n) is 9.65. The fourth-order valence-corrected chi connectivity index (χ4v) is 2.43. The van der Waals surface area contributed by atoms with Crippen LogP contribution in [0.3, 0.4) is 0 Å². The third-order valence-electron chi connectivity index (χ3n) is 3.63. The first-order valence-electron chi connectivity index (χ1n) is 5.77. The number of benzene rings is 1. The van der Waals surface area contributed by atoms with Gasteiger partial charge in [-0.2, -0.15) is 13.2 Å². The van der Waals surface area contributed by atoms with E-state index in [4.69, 9.17) is 0 Å². The summed E-state index contributed by atoms with van der Waals surface area (Å²) >= 11 is 0. The van der Waals surface area contributed by atoms with Crippen LogP contribution in [-0.2, 0) is 6.18 Å². The molecule has 1 aromatic carbocycles. The van der Waals surface area contributed by atoms with Gasteiger partial charge in [-0.1, -0.05) is 6.07 Å². The van der Waals surface area contributed by atoms with Crippen molar-refractivity contribution >= 4 is 5.69 Å². The van der Waals surface area contributed by atoms with Gasteiger partial charge in [0.25, 0.3) is 0 Å². The maximum atomic E-state index is 12.6. The van der Waals surface area contributed by atoms with Crippen molar-refractivity contribution in [3.8, 4) is 0 Å². The maximum absolute atomic E-state index is 12.6. The van der Waals surface area contributed by atoms with Gasteiger partial charge in [-0.15, -0.1) is 4.70 Å². The van der Waals surface area contributed by atoms with Crippen LogP contribution in [0.25, 0.3) is 0 Å². The number of aliphatic hydroxyl groups is 1. The second kappa shape index (κ2) is 3.54. The van der Waals surface area contributed by atoms with Crippen LogP contribution < -0.4 is 0 Å². The van der Waals surface area contributed by atoms with Crippen molar-refractivity contribution in [2.45, 2.75) is 37.7 Å². The van der Waals surface area contributed by atoms with E-state index in [1.165, 1.54) is 6.07 Å². The van der Waals surface area contributed by atoms with E-state index in [1.807, 2.05) is 6.92 Å². The number of halogens is 3. The summed E-state index contributed by atoms with van der Waals surface area (Å²) < 4.78 is 39.6. The van der Waals surface area contributed by atoms with Gasteiger partial charge >= 0.3 is 6.18 Å². The molecule has 96 valence electrons. The first-order valence-corrected chi connectivity index (χ1v) is 5.77. The normalized spacial score (nSPS) is 30.1. The summed E-state index contributed by atoms with van der Waals surface area (Å²) in [6.45, 7) is 1.94. The number of aliphatic hydroxyl groups excluding tert-OH is 1. The van der Waals surface area contributed by atoms with E-state index < -0.39 is 17.8 Å².